The van der Waals surface area contributed by atoms with Crippen LogP contribution in [0.3, 0.4) is 0 Å². The summed E-state index contributed by atoms with van der Waals surface area (Å²) in [5.41, 5.74) is 1.11. The van der Waals surface area contributed by atoms with Crippen LogP contribution in [0.15, 0.2) is 16.6 Å². The normalized spacial score (nSPS) is 9.52. The van der Waals surface area contributed by atoms with Gasteiger partial charge in [-0.15, -0.1) is 24.8 Å². The minimum atomic E-state index is 0. The average Bonchev–Trinajstić information content (AvgIpc) is 2.41. The molecule has 0 aliphatic heterocycles. The molecule has 7 heteroatoms. The van der Waals surface area contributed by atoms with Crippen LogP contribution >= 0.6 is 40.7 Å². The van der Waals surface area contributed by atoms with Gasteiger partial charge in [-0.2, -0.15) is 0 Å². The number of nitrogens with one attached hydrogen (secondary N) is 2. The molecule has 4 nitrogen and oxygen atoms in total. The fraction of sp³-hybridized carbons (Fsp3) is 0.571. The molecule has 124 valence electrons. The molecule has 0 amide bonds. The van der Waals surface area contributed by atoms with Crippen molar-refractivity contribution in [2.75, 3.05) is 33.9 Å². The molecule has 1 rings (SSSR count). The van der Waals surface area contributed by atoms with Crippen molar-refractivity contribution < 1.29 is 9.47 Å². The highest BCUT2D eigenvalue weighted by Crippen LogP contribution is 2.34. The molecule has 1 aromatic rings. The Balaban J connectivity index is 0. The Labute approximate surface area is 148 Å². The zero-order valence-electron chi connectivity index (χ0n) is 12.7. The highest BCUT2D eigenvalue weighted by Gasteiger charge is 2.11. The Hall–Kier alpha value is -0.200. The molecule has 0 atom stereocenters. The van der Waals surface area contributed by atoms with Crippen molar-refractivity contribution in [1.82, 2.24) is 10.6 Å². The summed E-state index contributed by atoms with van der Waals surface area (Å²) in [6.45, 7) is 5.37. The number of methoxy groups -OCH3 is 1. The van der Waals surface area contributed by atoms with Crippen molar-refractivity contribution in [3.05, 3.63) is 22.2 Å². The van der Waals surface area contributed by atoms with E-state index in [-0.39, 0.29) is 24.8 Å². The van der Waals surface area contributed by atoms with E-state index in [1.54, 1.807) is 7.11 Å². The highest BCUT2D eigenvalue weighted by atomic mass is 79.9. The number of benzene rings is 1. The molecule has 0 saturated carbocycles. The van der Waals surface area contributed by atoms with E-state index in [4.69, 9.17) is 9.47 Å². The monoisotopic (exact) mass is 402 g/mol. The van der Waals surface area contributed by atoms with Crippen molar-refractivity contribution in [2.24, 2.45) is 0 Å². The van der Waals surface area contributed by atoms with Gasteiger partial charge in [0.1, 0.15) is 0 Å². The van der Waals surface area contributed by atoms with Gasteiger partial charge in [-0.1, -0.05) is 15.9 Å². The van der Waals surface area contributed by atoms with E-state index in [2.05, 4.69) is 32.6 Å². The van der Waals surface area contributed by atoms with Crippen LogP contribution in [0.4, 0.5) is 0 Å². The Kier molecular flexibility index (Phi) is 14.8. The third-order valence-corrected chi connectivity index (χ3v) is 3.16. The molecule has 0 saturated heterocycles. The molecule has 0 heterocycles. The molecule has 0 radical (unpaired) electrons. The van der Waals surface area contributed by atoms with Crippen LogP contribution in [0.25, 0.3) is 0 Å². The van der Waals surface area contributed by atoms with E-state index in [0.717, 1.165) is 47.6 Å². The van der Waals surface area contributed by atoms with Gasteiger partial charge < -0.3 is 20.1 Å². The molecule has 1 aromatic carbocycles. The lowest BCUT2D eigenvalue weighted by atomic mass is 10.2. The van der Waals surface area contributed by atoms with Crippen LogP contribution in [0.5, 0.6) is 11.5 Å². The summed E-state index contributed by atoms with van der Waals surface area (Å²) in [6, 6.07) is 3.99. The minimum Gasteiger partial charge on any atom is -0.493 e. The van der Waals surface area contributed by atoms with Gasteiger partial charge >= 0.3 is 0 Å². The van der Waals surface area contributed by atoms with Gasteiger partial charge in [0, 0.05) is 16.6 Å². The van der Waals surface area contributed by atoms with Crippen LogP contribution in [-0.2, 0) is 6.54 Å². The summed E-state index contributed by atoms with van der Waals surface area (Å²) < 4.78 is 12.1. The first kappa shape index (κ1) is 23.1. The lowest BCUT2D eigenvalue weighted by Crippen LogP contribution is -2.20. The van der Waals surface area contributed by atoms with Gasteiger partial charge in [-0.25, -0.2) is 0 Å². The van der Waals surface area contributed by atoms with E-state index >= 15 is 0 Å². The zero-order valence-corrected chi connectivity index (χ0v) is 15.9. The quantitative estimate of drug-likeness (QED) is 0.620. The maximum atomic E-state index is 5.69. The molecule has 0 aromatic heterocycles. The van der Waals surface area contributed by atoms with Gasteiger partial charge in [-0.3, -0.25) is 0 Å². The van der Waals surface area contributed by atoms with Gasteiger partial charge in [0.15, 0.2) is 11.5 Å². The molecular weight excluding hydrogens is 379 g/mol. The van der Waals surface area contributed by atoms with Crippen LogP contribution in [0.1, 0.15) is 18.9 Å². The van der Waals surface area contributed by atoms with E-state index < -0.39 is 0 Å². The lowest BCUT2D eigenvalue weighted by molar-refractivity contribution is 0.306. The second kappa shape index (κ2) is 13.5. The Morgan fingerprint density at radius 1 is 1.19 bits per heavy atom. The van der Waals surface area contributed by atoms with Gasteiger partial charge in [0.05, 0.1) is 13.7 Å². The Morgan fingerprint density at radius 2 is 1.90 bits per heavy atom. The van der Waals surface area contributed by atoms with Gasteiger partial charge in [-0.05, 0) is 45.6 Å². The first-order valence-corrected chi connectivity index (χ1v) is 7.36. The summed E-state index contributed by atoms with van der Waals surface area (Å²) in [5.74, 6) is 1.59. The fourth-order valence-corrected chi connectivity index (χ4v) is 2.31. The molecule has 0 bridgehead atoms. The molecular formula is C14H25BrCl2N2O2. The SMILES string of the molecule is CCOc1c(CNCCCNC)cc(Br)cc1OC.Cl.Cl. The third kappa shape index (κ3) is 8.12. The van der Waals surface area contributed by atoms with Crippen molar-refractivity contribution in [3.63, 3.8) is 0 Å². The molecule has 0 fully saturated rings. The predicted octanol–water partition coefficient (Wildman–Crippen LogP) is 3.40. The summed E-state index contributed by atoms with van der Waals surface area (Å²) in [7, 11) is 3.63. The van der Waals surface area contributed by atoms with Gasteiger partial charge in [0.25, 0.3) is 0 Å². The largest absolute Gasteiger partial charge is 0.493 e. The van der Waals surface area contributed by atoms with E-state index in [1.165, 1.54) is 0 Å². The van der Waals surface area contributed by atoms with Crippen LogP contribution in [-0.4, -0.2) is 33.9 Å². The van der Waals surface area contributed by atoms with E-state index in [9.17, 15) is 0 Å². The van der Waals surface area contributed by atoms with Gasteiger partial charge in [0.2, 0.25) is 0 Å². The molecule has 0 unspecified atom stereocenters. The second-order valence-electron chi connectivity index (χ2n) is 4.16. The summed E-state index contributed by atoms with van der Waals surface area (Å²) >= 11 is 3.50. The van der Waals surface area contributed by atoms with E-state index in [1.807, 2.05) is 20.0 Å². The van der Waals surface area contributed by atoms with Crippen LogP contribution < -0.4 is 20.1 Å². The summed E-state index contributed by atoms with van der Waals surface area (Å²) in [4.78, 5) is 0. The van der Waals surface area contributed by atoms with E-state index in [0.29, 0.717) is 6.61 Å². The number of rotatable bonds is 9. The maximum Gasteiger partial charge on any atom is 0.165 e. The number of hydrogen-bond acceptors (Lipinski definition) is 4. The molecule has 0 aliphatic carbocycles. The Morgan fingerprint density at radius 3 is 2.48 bits per heavy atom. The maximum absolute atomic E-state index is 5.69. The average molecular weight is 404 g/mol. The molecule has 2 N–H and O–H groups in total. The topological polar surface area (TPSA) is 42.5 Å². The smallest absolute Gasteiger partial charge is 0.165 e. The molecule has 21 heavy (non-hydrogen) atoms. The number of ether oxygens (including phenoxy) is 2. The first-order valence-electron chi connectivity index (χ1n) is 6.57. The summed E-state index contributed by atoms with van der Waals surface area (Å²) in [6.07, 6.45) is 1.10. The zero-order chi connectivity index (χ0) is 14.1. The predicted molar refractivity (Wildman–Crippen MR) is 96.6 cm³/mol. The Bertz CT molecular complexity index is 395. The van der Waals surface area contributed by atoms with Crippen molar-refractivity contribution in [1.29, 1.82) is 0 Å². The van der Waals surface area contributed by atoms with Crippen LogP contribution in [0.2, 0.25) is 0 Å². The molecule has 0 aliphatic rings. The lowest BCUT2D eigenvalue weighted by Gasteiger charge is -2.15. The highest BCUT2D eigenvalue weighted by molar-refractivity contribution is 9.10. The first-order chi connectivity index (χ1) is 9.22. The number of halogens is 3. The fourth-order valence-electron chi connectivity index (χ4n) is 1.83. The third-order valence-electron chi connectivity index (χ3n) is 2.70. The van der Waals surface area contributed by atoms with Crippen molar-refractivity contribution >= 4 is 40.7 Å². The summed E-state index contributed by atoms with van der Waals surface area (Å²) in [5, 5.41) is 6.55. The standard InChI is InChI=1S/C14H23BrN2O2.2ClH/c1-4-19-14-11(10-17-7-5-6-16-2)8-12(15)9-13(14)18-3;;/h8-9,16-17H,4-7,10H2,1-3H3;2*1H. The number of hydrogen-bond donors (Lipinski definition) is 2. The van der Waals surface area contributed by atoms with Crippen LogP contribution in [0, 0.1) is 0 Å². The van der Waals surface area contributed by atoms with Crippen molar-refractivity contribution in [3.8, 4) is 11.5 Å². The van der Waals surface area contributed by atoms with Crippen molar-refractivity contribution in [2.45, 2.75) is 19.9 Å². The minimum absolute atomic E-state index is 0. The molecule has 0 spiro atoms. The second-order valence-corrected chi connectivity index (χ2v) is 5.08.